The molecule has 1 aromatic rings. The third kappa shape index (κ3) is 4.32. The van der Waals surface area contributed by atoms with Crippen molar-refractivity contribution in [3.05, 3.63) is 35.4 Å². The number of esters is 1. The number of halogens is 1. The second-order valence-electron chi connectivity index (χ2n) is 2.96. The minimum absolute atomic E-state index is 0. The first kappa shape index (κ1) is 13.9. The molecule has 0 heterocycles. The van der Waals surface area contributed by atoms with Gasteiger partial charge in [0, 0.05) is 0 Å². The second-order valence-corrected chi connectivity index (χ2v) is 2.96. The molecule has 3 nitrogen and oxygen atoms in total. The van der Waals surface area contributed by atoms with Crippen molar-refractivity contribution in [2.45, 2.75) is 13.3 Å². The van der Waals surface area contributed by atoms with Gasteiger partial charge in [0.2, 0.25) is 0 Å². The number of ether oxygens (including phenoxy) is 1. The van der Waals surface area contributed by atoms with Gasteiger partial charge >= 0.3 is 5.97 Å². The lowest BCUT2D eigenvalue weighted by atomic mass is 10.1. The van der Waals surface area contributed by atoms with Gasteiger partial charge in [-0.3, -0.25) is 0 Å². The number of carbonyl (C=O) groups is 1. The lowest BCUT2D eigenvalue weighted by Gasteiger charge is -2.03. The monoisotopic (exact) mass is 229 g/mol. The highest BCUT2D eigenvalue weighted by Gasteiger charge is 2.05. The van der Waals surface area contributed by atoms with Crippen LogP contribution in [-0.4, -0.2) is 19.1 Å². The van der Waals surface area contributed by atoms with Crippen LogP contribution >= 0.6 is 12.4 Å². The zero-order valence-electron chi connectivity index (χ0n) is 8.73. The van der Waals surface area contributed by atoms with Crippen molar-refractivity contribution < 1.29 is 9.53 Å². The zero-order chi connectivity index (χ0) is 10.4. The van der Waals surface area contributed by atoms with Crippen molar-refractivity contribution in [3.63, 3.8) is 0 Å². The fourth-order valence-electron chi connectivity index (χ4n) is 1.23. The molecule has 0 spiro atoms. The van der Waals surface area contributed by atoms with E-state index in [1.54, 1.807) is 13.0 Å². The number of benzene rings is 1. The van der Waals surface area contributed by atoms with Crippen molar-refractivity contribution in [1.29, 1.82) is 0 Å². The Hall–Kier alpha value is -1.06. The SMILES string of the molecule is CCOC(=O)c1cccc(CCN)c1.Cl. The Morgan fingerprint density at radius 1 is 1.47 bits per heavy atom. The Labute approximate surface area is 96.0 Å². The van der Waals surface area contributed by atoms with Gasteiger partial charge in [0.05, 0.1) is 12.2 Å². The smallest absolute Gasteiger partial charge is 0.338 e. The van der Waals surface area contributed by atoms with E-state index in [4.69, 9.17) is 10.5 Å². The molecular weight excluding hydrogens is 214 g/mol. The van der Waals surface area contributed by atoms with Gasteiger partial charge in [-0.05, 0) is 37.6 Å². The molecule has 15 heavy (non-hydrogen) atoms. The third-order valence-corrected chi connectivity index (χ3v) is 1.87. The number of nitrogens with two attached hydrogens (primary N) is 1. The molecule has 2 N–H and O–H groups in total. The molecular formula is C11H16ClNO2. The molecule has 0 aromatic heterocycles. The van der Waals surface area contributed by atoms with Gasteiger partial charge in [-0.25, -0.2) is 4.79 Å². The number of carbonyl (C=O) groups excluding carboxylic acids is 1. The van der Waals surface area contributed by atoms with Gasteiger partial charge in [0.15, 0.2) is 0 Å². The van der Waals surface area contributed by atoms with E-state index in [2.05, 4.69) is 0 Å². The summed E-state index contributed by atoms with van der Waals surface area (Å²) in [7, 11) is 0. The first-order chi connectivity index (χ1) is 6.77. The Balaban J connectivity index is 0.00000196. The van der Waals surface area contributed by atoms with Gasteiger partial charge in [0.1, 0.15) is 0 Å². The van der Waals surface area contributed by atoms with Crippen LogP contribution in [0.4, 0.5) is 0 Å². The average Bonchev–Trinajstić information content (AvgIpc) is 2.19. The second kappa shape index (κ2) is 7.26. The normalized spacial score (nSPS) is 9.20. The van der Waals surface area contributed by atoms with Crippen LogP contribution in [0.25, 0.3) is 0 Å². The predicted molar refractivity (Wildman–Crippen MR) is 62.4 cm³/mol. The molecule has 0 aliphatic heterocycles. The summed E-state index contributed by atoms with van der Waals surface area (Å²) >= 11 is 0. The summed E-state index contributed by atoms with van der Waals surface area (Å²) in [6, 6.07) is 7.37. The molecule has 0 saturated heterocycles. The van der Waals surface area contributed by atoms with Crippen LogP contribution in [0.3, 0.4) is 0 Å². The number of rotatable bonds is 4. The van der Waals surface area contributed by atoms with Crippen molar-refractivity contribution in [3.8, 4) is 0 Å². The van der Waals surface area contributed by atoms with Gasteiger partial charge in [-0.15, -0.1) is 12.4 Å². The van der Waals surface area contributed by atoms with E-state index in [-0.39, 0.29) is 18.4 Å². The molecule has 4 heteroatoms. The maximum Gasteiger partial charge on any atom is 0.338 e. The summed E-state index contributed by atoms with van der Waals surface area (Å²) in [5, 5.41) is 0. The quantitative estimate of drug-likeness (QED) is 0.801. The molecule has 0 bridgehead atoms. The molecule has 0 amide bonds. The molecule has 0 atom stereocenters. The van der Waals surface area contributed by atoms with E-state index in [0.29, 0.717) is 18.7 Å². The highest BCUT2D eigenvalue weighted by atomic mass is 35.5. The Morgan fingerprint density at radius 3 is 2.80 bits per heavy atom. The van der Waals surface area contributed by atoms with Gasteiger partial charge in [-0.2, -0.15) is 0 Å². The summed E-state index contributed by atoms with van der Waals surface area (Å²) in [5.41, 5.74) is 7.09. The molecule has 0 aliphatic rings. The van der Waals surface area contributed by atoms with Crippen molar-refractivity contribution >= 4 is 18.4 Å². The standard InChI is InChI=1S/C11H15NO2.ClH/c1-2-14-11(13)10-5-3-4-9(8-10)6-7-12;/h3-5,8H,2,6-7,12H2,1H3;1H. The highest BCUT2D eigenvalue weighted by molar-refractivity contribution is 5.89. The van der Waals surface area contributed by atoms with Crippen molar-refractivity contribution in [2.24, 2.45) is 5.73 Å². The van der Waals surface area contributed by atoms with Gasteiger partial charge in [-0.1, -0.05) is 12.1 Å². The van der Waals surface area contributed by atoms with E-state index in [1.807, 2.05) is 18.2 Å². The lowest BCUT2D eigenvalue weighted by Crippen LogP contribution is -2.07. The number of hydrogen-bond acceptors (Lipinski definition) is 3. The Kier molecular flexibility index (Phi) is 6.75. The summed E-state index contributed by atoms with van der Waals surface area (Å²) in [6.45, 7) is 2.79. The fraction of sp³-hybridized carbons (Fsp3) is 0.364. The topological polar surface area (TPSA) is 52.3 Å². The minimum atomic E-state index is -0.272. The fourth-order valence-corrected chi connectivity index (χ4v) is 1.23. The third-order valence-electron chi connectivity index (χ3n) is 1.87. The van der Waals surface area contributed by atoms with E-state index in [9.17, 15) is 4.79 Å². The summed E-state index contributed by atoms with van der Waals surface area (Å²) in [4.78, 5) is 11.3. The Bertz CT molecular complexity index is 315. The van der Waals surface area contributed by atoms with Crippen molar-refractivity contribution in [2.75, 3.05) is 13.2 Å². The van der Waals surface area contributed by atoms with Crippen LogP contribution in [-0.2, 0) is 11.2 Å². The zero-order valence-corrected chi connectivity index (χ0v) is 9.55. The maximum atomic E-state index is 11.3. The highest BCUT2D eigenvalue weighted by Crippen LogP contribution is 2.07. The predicted octanol–water partition coefficient (Wildman–Crippen LogP) is 1.79. The molecule has 0 unspecified atom stereocenters. The van der Waals surface area contributed by atoms with E-state index < -0.39 is 0 Å². The summed E-state index contributed by atoms with van der Waals surface area (Å²) in [5.74, 6) is -0.272. The van der Waals surface area contributed by atoms with E-state index in [0.717, 1.165) is 12.0 Å². The van der Waals surface area contributed by atoms with E-state index in [1.165, 1.54) is 0 Å². The van der Waals surface area contributed by atoms with Gasteiger partial charge < -0.3 is 10.5 Å². The molecule has 0 saturated carbocycles. The largest absolute Gasteiger partial charge is 0.462 e. The minimum Gasteiger partial charge on any atom is -0.462 e. The van der Waals surface area contributed by atoms with Crippen LogP contribution in [0.1, 0.15) is 22.8 Å². The molecule has 1 rings (SSSR count). The van der Waals surface area contributed by atoms with Gasteiger partial charge in [0.25, 0.3) is 0 Å². The van der Waals surface area contributed by atoms with Crippen LogP contribution in [0.5, 0.6) is 0 Å². The molecule has 84 valence electrons. The summed E-state index contributed by atoms with van der Waals surface area (Å²) in [6.07, 6.45) is 0.785. The Morgan fingerprint density at radius 2 is 2.20 bits per heavy atom. The van der Waals surface area contributed by atoms with Crippen molar-refractivity contribution in [1.82, 2.24) is 0 Å². The van der Waals surface area contributed by atoms with E-state index >= 15 is 0 Å². The first-order valence-electron chi connectivity index (χ1n) is 4.74. The molecule has 0 aliphatic carbocycles. The molecule has 0 fully saturated rings. The lowest BCUT2D eigenvalue weighted by molar-refractivity contribution is 0.0526. The molecule has 0 radical (unpaired) electrons. The van der Waals surface area contributed by atoms with Crippen LogP contribution in [0.15, 0.2) is 24.3 Å². The first-order valence-corrected chi connectivity index (χ1v) is 4.74. The van der Waals surface area contributed by atoms with Crippen LogP contribution in [0, 0.1) is 0 Å². The summed E-state index contributed by atoms with van der Waals surface area (Å²) < 4.78 is 4.89. The van der Waals surface area contributed by atoms with Crippen LogP contribution < -0.4 is 5.73 Å². The maximum absolute atomic E-state index is 11.3. The number of hydrogen-bond donors (Lipinski definition) is 1. The van der Waals surface area contributed by atoms with Crippen LogP contribution in [0.2, 0.25) is 0 Å². The average molecular weight is 230 g/mol. The molecule has 1 aromatic carbocycles.